The molecule has 258 valence electrons. The summed E-state index contributed by atoms with van der Waals surface area (Å²) in [5, 5.41) is 2.55. The van der Waals surface area contributed by atoms with E-state index in [0.717, 1.165) is 52.2 Å². The molecule has 0 aliphatic heterocycles. The van der Waals surface area contributed by atoms with Crippen LogP contribution in [0.15, 0.2) is 164 Å². The number of hydrogen-bond acceptors (Lipinski definition) is 5. The van der Waals surface area contributed by atoms with Gasteiger partial charge in [0.15, 0.2) is 0 Å². The van der Waals surface area contributed by atoms with Gasteiger partial charge in [0.05, 0.1) is 5.69 Å². The van der Waals surface area contributed by atoms with E-state index in [4.69, 9.17) is 9.47 Å². The highest BCUT2D eigenvalue weighted by molar-refractivity contribution is 6.09. The monoisotopic (exact) mass is 691 g/mol. The van der Waals surface area contributed by atoms with Gasteiger partial charge in [0.1, 0.15) is 11.5 Å². The minimum Gasteiger partial charge on any atom is -0.423 e. The molecule has 0 unspecified atom stereocenters. The SMILES string of the molecule is C=C(C)C(=O)Oc1ccc(-c2ccc(N(c3ccc(-c4ccc(OC(=O)C(=C)C)cc4)cc3)c3ccc4c5c6c(ccc35)CC=CC6=CC4)cc2)cc1. The maximum Gasteiger partial charge on any atom is 0.338 e. The van der Waals surface area contributed by atoms with Crippen LogP contribution in [0, 0.1) is 0 Å². The fourth-order valence-electron chi connectivity index (χ4n) is 7.05. The number of benzene rings is 6. The Kier molecular flexibility index (Phi) is 8.69. The first-order valence-electron chi connectivity index (χ1n) is 17.6. The number of allylic oxidation sites excluding steroid dienone is 4. The third kappa shape index (κ3) is 6.49. The Morgan fingerprint density at radius 3 is 1.53 bits per heavy atom. The Balaban J connectivity index is 1.17. The first kappa shape index (κ1) is 33.4. The van der Waals surface area contributed by atoms with Gasteiger partial charge in [-0.25, -0.2) is 9.59 Å². The molecule has 8 rings (SSSR count). The van der Waals surface area contributed by atoms with Gasteiger partial charge in [0, 0.05) is 27.9 Å². The number of carbonyl (C=O) groups is 2. The van der Waals surface area contributed by atoms with E-state index in [1.807, 2.05) is 24.3 Å². The molecular weight excluding hydrogens is 655 g/mol. The number of ether oxygens (including phenoxy) is 2. The lowest BCUT2D eigenvalue weighted by Crippen LogP contribution is -2.12. The van der Waals surface area contributed by atoms with Gasteiger partial charge in [0.25, 0.3) is 0 Å². The smallest absolute Gasteiger partial charge is 0.338 e. The lowest BCUT2D eigenvalue weighted by atomic mass is 9.81. The van der Waals surface area contributed by atoms with Crippen LogP contribution in [-0.4, -0.2) is 11.9 Å². The summed E-state index contributed by atoms with van der Waals surface area (Å²) in [4.78, 5) is 26.3. The van der Waals surface area contributed by atoms with E-state index in [2.05, 4.69) is 109 Å². The predicted octanol–water partition coefficient (Wildman–Crippen LogP) is 11.7. The molecule has 0 saturated carbocycles. The molecule has 0 saturated heterocycles. The lowest BCUT2D eigenvalue weighted by Gasteiger charge is -2.30. The molecule has 0 spiro atoms. The highest BCUT2D eigenvalue weighted by Crippen LogP contribution is 2.46. The first-order valence-corrected chi connectivity index (χ1v) is 17.6. The van der Waals surface area contributed by atoms with Crippen LogP contribution in [0.1, 0.15) is 30.5 Å². The van der Waals surface area contributed by atoms with Crippen molar-refractivity contribution in [2.24, 2.45) is 0 Å². The zero-order valence-corrected chi connectivity index (χ0v) is 29.7. The Morgan fingerprint density at radius 1 is 0.566 bits per heavy atom. The summed E-state index contributed by atoms with van der Waals surface area (Å²) in [6.45, 7) is 10.6. The maximum atomic E-state index is 12.0. The molecule has 53 heavy (non-hydrogen) atoms. The van der Waals surface area contributed by atoms with Crippen LogP contribution >= 0.6 is 0 Å². The van der Waals surface area contributed by atoms with Crippen LogP contribution in [-0.2, 0) is 22.4 Å². The molecule has 6 aromatic carbocycles. The van der Waals surface area contributed by atoms with Gasteiger partial charge in [-0.3, -0.25) is 0 Å². The average molecular weight is 692 g/mol. The molecule has 0 radical (unpaired) electrons. The van der Waals surface area contributed by atoms with Gasteiger partial charge in [0.2, 0.25) is 0 Å². The van der Waals surface area contributed by atoms with Gasteiger partial charge in [-0.2, -0.15) is 0 Å². The number of rotatable bonds is 9. The van der Waals surface area contributed by atoms with Crippen molar-refractivity contribution in [1.29, 1.82) is 0 Å². The third-order valence-corrected chi connectivity index (χ3v) is 9.78. The molecule has 0 atom stereocenters. The molecule has 5 nitrogen and oxygen atoms in total. The van der Waals surface area contributed by atoms with E-state index in [-0.39, 0.29) is 0 Å². The first-order chi connectivity index (χ1) is 25.7. The number of carbonyl (C=O) groups excluding carboxylic acids is 2. The zero-order valence-electron chi connectivity index (χ0n) is 29.7. The zero-order chi connectivity index (χ0) is 36.6. The van der Waals surface area contributed by atoms with E-state index >= 15 is 0 Å². The summed E-state index contributed by atoms with van der Waals surface area (Å²) in [7, 11) is 0. The molecule has 0 aromatic heterocycles. The third-order valence-electron chi connectivity index (χ3n) is 9.78. The van der Waals surface area contributed by atoms with Gasteiger partial charge in [-0.05, 0) is 131 Å². The topological polar surface area (TPSA) is 55.8 Å². The minimum atomic E-state index is -0.439. The second-order valence-corrected chi connectivity index (χ2v) is 13.6. The summed E-state index contributed by atoms with van der Waals surface area (Å²) >= 11 is 0. The van der Waals surface area contributed by atoms with Crippen LogP contribution < -0.4 is 14.4 Å². The van der Waals surface area contributed by atoms with Crippen molar-refractivity contribution in [2.75, 3.05) is 4.90 Å². The van der Waals surface area contributed by atoms with Crippen molar-refractivity contribution in [2.45, 2.75) is 26.7 Å². The molecule has 0 amide bonds. The summed E-state index contributed by atoms with van der Waals surface area (Å²) in [6.07, 6.45) is 8.72. The van der Waals surface area contributed by atoms with Gasteiger partial charge >= 0.3 is 11.9 Å². The standard InChI is InChI=1S/C48H37NO4/c1-30(2)47(50)52-41-24-14-34(15-25-41)32-10-20-39(21-11-32)49(40-22-12-33(13-23-40)35-16-26-42(27-17-35)53-48(51)31(3)4)44-29-19-38-9-8-36-6-5-7-37-18-28-43(44)46(38)45(36)37/h5-6,8,10-29H,1,3,7,9H2,2,4H3. The van der Waals surface area contributed by atoms with Crippen molar-refractivity contribution in [3.8, 4) is 33.8 Å². The largest absolute Gasteiger partial charge is 0.423 e. The van der Waals surface area contributed by atoms with Crippen LogP contribution in [0.3, 0.4) is 0 Å². The molecule has 0 bridgehead atoms. The maximum absolute atomic E-state index is 12.0. The summed E-state index contributed by atoms with van der Waals surface area (Å²) in [5.41, 5.74) is 13.4. The number of nitrogens with zero attached hydrogens (tertiary/aromatic N) is 1. The molecule has 0 fully saturated rings. The fraction of sp³-hybridized carbons (Fsp3) is 0.0833. The number of esters is 2. The quantitative estimate of drug-likeness (QED) is 0.0858. The van der Waals surface area contributed by atoms with Crippen LogP contribution in [0.2, 0.25) is 0 Å². The second kappa shape index (κ2) is 13.8. The van der Waals surface area contributed by atoms with Gasteiger partial charge in [-0.15, -0.1) is 0 Å². The summed E-state index contributed by atoms with van der Waals surface area (Å²) in [5.74, 6) is 0.0830. The Labute approximate surface area is 309 Å². The summed E-state index contributed by atoms with van der Waals surface area (Å²) < 4.78 is 10.8. The van der Waals surface area contributed by atoms with E-state index in [1.165, 1.54) is 33.0 Å². The highest BCUT2D eigenvalue weighted by atomic mass is 16.5. The number of hydrogen-bond donors (Lipinski definition) is 0. The van der Waals surface area contributed by atoms with Gasteiger partial charge in [-0.1, -0.05) is 98.1 Å². The molecule has 5 heteroatoms. The normalized spacial score (nSPS) is 12.5. The lowest BCUT2D eigenvalue weighted by molar-refractivity contribution is -0.130. The Hall–Kier alpha value is -6.72. The second-order valence-electron chi connectivity index (χ2n) is 13.6. The molecular formula is C48H37NO4. The van der Waals surface area contributed by atoms with E-state index in [0.29, 0.717) is 22.6 Å². The molecule has 2 aliphatic rings. The Bertz CT molecular complexity index is 2390. The van der Waals surface area contributed by atoms with E-state index in [9.17, 15) is 9.59 Å². The fourth-order valence-corrected chi connectivity index (χ4v) is 7.05. The molecule has 6 aromatic rings. The minimum absolute atomic E-state index is 0.356. The highest BCUT2D eigenvalue weighted by Gasteiger charge is 2.24. The summed E-state index contributed by atoms with van der Waals surface area (Å²) in [6, 6.07) is 41.3. The van der Waals surface area contributed by atoms with Crippen molar-refractivity contribution in [3.63, 3.8) is 0 Å². The predicted molar refractivity (Wildman–Crippen MR) is 215 cm³/mol. The Morgan fingerprint density at radius 2 is 1.04 bits per heavy atom. The van der Waals surface area contributed by atoms with Crippen molar-refractivity contribution in [3.05, 3.63) is 181 Å². The van der Waals surface area contributed by atoms with Crippen LogP contribution in [0.5, 0.6) is 11.5 Å². The van der Waals surface area contributed by atoms with E-state index in [1.54, 1.807) is 38.1 Å². The average Bonchev–Trinajstić information content (AvgIpc) is 3.18. The molecule has 0 N–H and O–H groups in total. The van der Waals surface area contributed by atoms with Crippen molar-refractivity contribution < 1.29 is 19.1 Å². The van der Waals surface area contributed by atoms with Crippen LogP contribution in [0.25, 0.3) is 38.6 Å². The molecule has 0 heterocycles. The van der Waals surface area contributed by atoms with E-state index < -0.39 is 11.9 Å². The number of anilines is 3. The van der Waals surface area contributed by atoms with Crippen LogP contribution in [0.4, 0.5) is 17.1 Å². The molecule has 2 aliphatic carbocycles. The van der Waals surface area contributed by atoms with Gasteiger partial charge < -0.3 is 14.4 Å². The van der Waals surface area contributed by atoms with Crippen molar-refractivity contribution >= 4 is 45.3 Å². The van der Waals surface area contributed by atoms with Crippen molar-refractivity contribution in [1.82, 2.24) is 0 Å².